The molecule has 1 aromatic rings. The number of likely N-dealkylation sites (N-methyl/N-ethyl adjacent to an activating group) is 1. The van der Waals surface area contributed by atoms with E-state index in [4.69, 9.17) is 4.52 Å². The number of aromatic nitrogens is 1. The fraction of sp³-hybridized carbons (Fsp3) is 0.714. The highest BCUT2D eigenvalue weighted by atomic mass is 16.5. The lowest BCUT2D eigenvalue weighted by Crippen LogP contribution is -2.40. The third kappa shape index (κ3) is 3.15. The zero-order chi connectivity index (χ0) is 14.0. The summed E-state index contributed by atoms with van der Waals surface area (Å²) in [5.41, 5.74) is 1.95. The minimum absolute atomic E-state index is 0.0770. The van der Waals surface area contributed by atoms with Crippen LogP contribution >= 0.6 is 0 Å². The molecule has 106 valence electrons. The Balaban J connectivity index is 1.89. The minimum atomic E-state index is 0.0770. The van der Waals surface area contributed by atoms with Crippen molar-refractivity contribution < 1.29 is 9.32 Å². The van der Waals surface area contributed by atoms with Gasteiger partial charge in [-0.3, -0.25) is 4.79 Å². The Morgan fingerprint density at radius 2 is 2.21 bits per heavy atom. The Kier molecular flexibility index (Phi) is 4.24. The second kappa shape index (κ2) is 5.74. The second-order valence-electron chi connectivity index (χ2n) is 5.25. The molecule has 1 aromatic heterocycles. The molecule has 1 amide bonds. The molecule has 0 spiro atoms. The summed E-state index contributed by atoms with van der Waals surface area (Å²) in [7, 11) is 0. The fourth-order valence-electron chi connectivity index (χ4n) is 2.58. The number of hydrogen-bond acceptors (Lipinski definition) is 4. The van der Waals surface area contributed by atoms with Crippen molar-refractivity contribution in [3.63, 3.8) is 0 Å². The number of nitrogens with zero attached hydrogens (tertiary/aromatic N) is 2. The maximum absolute atomic E-state index is 12.1. The van der Waals surface area contributed by atoms with Crippen LogP contribution in [-0.2, 0) is 4.79 Å². The number of nitrogens with one attached hydrogen (secondary N) is 1. The van der Waals surface area contributed by atoms with Gasteiger partial charge in [-0.1, -0.05) is 5.16 Å². The average molecular weight is 265 g/mol. The molecule has 0 aromatic carbocycles. The van der Waals surface area contributed by atoms with Crippen molar-refractivity contribution in [1.82, 2.24) is 15.4 Å². The van der Waals surface area contributed by atoms with Crippen LogP contribution < -0.4 is 5.32 Å². The molecule has 1 N–H and O–H groups in total. The van der Waals surface area contributed by atoms with Crippen LogP contribution in [-0.4, -0.2) is 35.1 Å². The Morgan fingerprint density at radius 1 is 1.53 bits per heavy atom. The predicted octanol–water partition coefficient (Wildman–Crippen LogP) is 1.95. The Labute approximate surface area is 114 Å². The first-order valence-electron chi connectivity index (χ1n) is 7.00. The van der Waals surface area contributed by atoms with Gasteiger partial charge >= 0.3 is 0 Å². The third-order valence-electron chi connectivity index (χ3n) is 3.73. The van der Waals surface area contributed by atoms with E-state index in [1.54, 1.807) is 0 Å². The minimum Gasteiger partial charge on any atom is -0.361 e. The van der Waals surface area contributed by atoms with Gasteiger partial charge in [-0.05, 0) is 40.5 Å². The van der Waals surface area contributed by atoms with Crippen LogP contribution in [0.25, 0.3) is 0 Å². The molecule has 1 aliphatic rings. The molecule has 1 atom stereocenters. The first kappa shape index (κ1) is 14.1. The van der Waals surface area contributed by atoms with Crippen LogP contribution in [0.1, 0.15) is 49.7 Å². The third-order valence-corrected chi connectivity index (χ3v) is 3.73. The summed E-state index contributed by atoms with van der Waals surface area (Å²) in [6.07, 6.45) is 2.30. The van der Waals surface area contributed by atoms with Crippen LogP contribution in [0.5, 0.6) is 0 Å². The lowest BCUT2D eigenvalue weighted by molar-refractivity contribution is -0.130. The van der Waals surface area contributed by atoms with E-state index >= 15 is 0 Å². The second-order valence-corrected chi connectivity index (χ2v) is 5.25. The number of hydrogen-bond donors (Lipinski definition) is 1. The Bertz CT molecular complexity index is 432. The van der Waals surface area contributed by atoms with Crippen molar-refractivity contribution >= 4 is 5.91 Å². The van der Waals surface area contributed by atoms with E-state index in [0.29, 0.717) is 12.6 Å². The van der Waals surface area contributed by atoms with Gasteiger partial charge in [-0.25, -0.2) is 0 Å². The van der Waals surface area contributed by atoms with Crippen LogP contribution in [0.2, 0.25) is 0 Å². The highest BCUT2D eigenvalue weighted by molar-refractivity contribution is 5.79. The summed E-state index contributed by atoms with van der Waals surface area (Å²) >= 11 is 0. The van der Waals surface area contributed by atoms with E-state index in [1.807, 2.05) is 32.6 Å². The fourth-order valence-corrected chi connectivity index (χ4v) is 2.58. The molecule has 1 saturated carbocycles. The maximum Gasteiger partial charge on any atom is 0.236 e. The molecule has 5 heteroatoms. The van der Waals surface area contributed by atoms with Crippen molar-refractivity contribution in [2.45, 2.75) is 52.6 Å². The molecular formula is C14H23N3O2. The molecule has 5 nitrogen and oxygen atoms in total. The van der Waals surface area contributed by atoms with E-state index in [-0.39, 0.29) is 11.9 Å². The highest BCUT2D eigenvalue weighted by Crippen LogP contribution is 2.26. The van der Waals surface area contributed by atoms with Gasteiger partial charge in [0.25, 0.3) is 0 Å². The van der Waals surface area contributed by atoms with E-state index in [2.05, 4.69) is 10.5 Å². The van der Waals surface area contributed by atoms with E-state index < -0.39 is 0 Å². The lowest BCUT2D eigenvalue weighted by Gasteiger charge is -2.22. The summed E-state index contributed by atoms with van der Waals surface area (Å²) in [6.45, 7) is 9.06. The predicted molar refractivity (Wildman–Crippen MR) is 72.8 cm³/mol. The molecule has 0 radical (unpaired) electrons. The Hall–Kier alpha value is -1.36. The smallest absolute Gasteiger partial charge is 0.236 e. The molecule has 1 heterocycles. The number of carbonyl (C=O) groups excluding carboxylic acids is 1. The molecule has 1 unspecified atom stereocenters. The number of aryl methyl sites for hydroxylation is 2. The standard InChI is InChI=1S/C14H23N3O2/c1-5-17(12-6-7-12)13(18)8-15-9(2)14-10(3)16-19-11(14)4/h9,12,15H,5-8H2,1-4H3. The monoisotopic (exact) mass is 265 g/mol. The molecule has 0 saturated heterocycles. The largest absolute Gasteiger partial charge is 0.361 e. The molecule has 1 aliphatic carbocycles. The van der Waals surface area contributed by atoms with Crippen molar-refractivity contribution in [3.8, 4) is 0 Å². The molecule has 1 fully saturated rings. The molecule has 19 heavy (non-hydrogen) atoms. The maximum atomic E-state index is 12.1. The summed E-state index contributed by atoms with van der Waals surface area (Å²) in [5, 5.41) is 7.22. The first-order chi connectivity index (χ1) is 9.04. The first-order valence-corrected chi connectivity index (χ1v) is 7.00. The van der Waals surface area contributed by atoms with Gasteiger partial charge in [-0.15, -0.1) is 0 Å². The van der Waals surface area contributed by atoms with E-state index in [9.17, 15) is 4.79 Å². The number of rotatable bonds is 6. The lowest BCUT2D eigenvalue weighted by atomic mass is 10.1. The van der Waals surface area contributed by atoms with Gasteiger partial charge in [0.1, 0.15) is 5.76 Å². The summed E-state index contributed by atoms with van der Waals surface area (Å²) in [6, 6.07) is 0.557. The van der Waals surface area contributed by atoms with Gasteiger partial charge in [0.15, 0.2) is 0 Å². The number of amides is 1. The van der Waals surface area contributed by atoms with Crippen LogP contribution in [0, 0.1) is 13.8 Å². The van der Waals surface area contributed by atoms with Crippen LogP contribution in [0.15, 0.2) is 4.52 Å². The zero-order valence-corrected chi connectivity index (χ0v) is 12.2. The average Bonchev–Trinajstić information content (AvgIpc) is 3.14. The highest BCUT2D eigenvalue weighted by Gasteiger charge is 2.31. The topological polar surface area (TPSA) is 58.4 Å². The molecule has 0 bridgehead atoms. The summed E-state index contributed by atoms with van der Waals surface area (Å²) in [5.74, 6) is 1.00. The number of carbonyl (C=O) groups is 1. The normalized spacial score (nSPS) is 16.4. The van der Waals surface area contributed by atoms with Gasteiger partial charge in [0, 0.05) is 24.2 Å². The van der Waals surface area contributed by atoms with Crippen molar-refractivity contribution in [3.05, 3.63) is 17.0 Å². The van der Waals surface area contributed by atoms with Crippen molar-refractivity contribution in [2.75, 3.05) is 13.1 Å². The quantitative estimate of drug-likeness (QED) is 0.854. The van der Waals surface area contributed by atoms with Gasteiger partial charge in [-0.2, -0.15) is 0 Å². The summed E-state index contributed by atoms with van der Waals surface area (Å²) in [4.78, 5) is 14.1. The summed E-state index contributed by atoms with van der Waals surface area (Å²) < 4.78 is 5.15. The van der Waals surface area contributed by atoms with Crippen molar-refractivity contribution in [1.29, 1.82) is 0 Å². The van der Waals surface area contributed by atoms with Gasteiger partial charge in [0.05, 0.1) is 12.2 Å². The van der Waals surface area contributed by atoms with Gasteiger partial charge < -0.3 is 14.7 Å². The molecular weight excluding hydrogens is 242 g/mol. The van der Waals surface area contributed by atoms with Crippen molar-refractivity contribution in [2.24, 2.45) is 0 Å². The van der Waals surface area contributed by atoms with Crippen LogP contribution in [0.3, 0.4) is 0 Å². The zero-order valence-electron chi connectivity index (χ0n) is 12.2. The molecule has 0 aliphatic heterocycles. The van der Waals surface area contributed by atoms with Gasteiger partial charge in [0.2, 0.25) is 5.91 Å². The molecule has 2 rings (SSSR count). The SMILES string of the molecule is CCN(C(=O)CNC(C)c1c(C)noc1C)C1CC1. The van der Waals surface area contributed by atoms with Crippen LogP contribution in [0.4, 0.5) is 0 Å². The van der Waals surface area contributed by atoms with E-state index in [1.165, 1.54) is 0 Å². The Morgan fingerprint density at radius 3 is 2.68 bits per heavy atom. The van der Waals surface area contributed by atoms with E-state index in [0.717, 1.165) is 36.4 Å².